The van der Waals surface area contributed by atoms with Gasteiger partial charge in [0.15, 0.2) is 0 Å². The molecule has 0 aromatic heterocycles. The van der Waals surface area contributed by atoms with Crippen LogP contribution in [0.15, 0.2) is 12.1 Å². The first-order valence-corrected chi connectivity index (χ1v) is 8.70. The third-order valence-corrected chi connectivity index (χ3v) is 5.60. The van der Waals surface area contributed by atoms with Gasteiger partial charge in [0, 0.05) is 23.0 Å². The molecule has 2 aliphatic rings. The van der Waals surface area contributed by atoms with E-state index in [2.05, 4.69) is 0 Å². The molecule has 4 nitrogen and oxygen atoms in total. The lowest BCUT2D eigenvalue weighted by Crippen LogP contribution is -2.53. The van der Waals surface area contributed by atoms with Crippen LogP contribution in [0.3, 0.4) is 0 Å². The SMILES string of the molecule is Cc1cc(C(=O)N2CCOC[C@@H]2[C@@H]2CCC[C@H]2O)c(C)cc1Cl. The molecule has 1 aromatic carbocycles. The first kappa shape index (κ1) is 16.7. The van der Waals surface area contributed by atoms with Crippen LogP contribution in [0.4, 0.5) is 0 Å². The summed E-state index contributed by atoms with van der Waals surface area (Å²) in [4.78, 5) is 15.0. The summed E-state index contributed by atoms with van der Waals surface area (Å²) in [5, 5.41) is 10.9. The number of rotatable bonds is 2. The molecule has 1 aliphatic carbocycles. The summed E-state index contributed by atoms with van der Waals surface area (Å²) in [6.07, 6.45) is 2.47. The van der Waals surface area contributed by atoms with Crippen molar-refractivity contribution >= 4 is 17.5 Å². The minimum absolute atomic E-state index is 0.0228. The van der Waals surface area contributed by atoms with E-state index in [1.165, 1.54) is 0 Å². The number of ether oxygens (including phenoxy) is 1. The molecule has 0 spiro atoms. The molecule has 5 heteroatoms. The normalized spacial score (nSPS) is 28.2. The lowest BCUT2D eigenvalue weighted by molar-refractivity contribution is -0.0383. The second-order valence-electron chi connectivity index (χ2n) is 6.72. The number of aliphatic hydroxyl groups excluding tert-OH is 1. The van der Waals surface area contributed by atoms with Crippen molar-refractivity contribution in [3.8, 4) is 0 Å². The number of halogens is 1. The maximum Gasteiger partial charge on any atom is 0.254 e. The molecule has 1 saturated carbocycles. The Morgan fingerprint density at radius 1 is 1.30 bits per heavy atom. The molecule has 2 fully saturated rings. The van der Waals surface area contributed by atoms with Gasteiger partial charge in [0.2, 0.25) is 0 Å². The fourth-order valence-corrected chi connectivity index (χ4v) is 4.03. The van der Waals surface area contributed by atoms with Gasteiger partial charge in [0.1, 0.15) is 0 Å². The Kier molecular flexibility index (Phi) is 4.95. The molecule has 1 saturated heterocycles. The lowest BCUT2D eigenvalue weighted by Gasteiger charge is -2.40. The molecule has 1 aromatic rings. The molecule has 0 bridgehead atoms. The van der Waals surface area contributed by atoms with Gasteiger partial charge in [0.25, 0.3) is 5.91 Å². The number of carbonyl (C=O) groups excluding carboxylic acids is 1. The van der Waals surface area contributed by atoms with Crippen molar-refractivity contribution in [2.75, 3.05) is 19.8 Å². The number of aliphatic hydroxyl groups is 1. The summed E-state index contributed by atoms with van der Waals surface area (Å²) in [5.41, 5.74) is 2.50. The molecular weight excluding hydrogens is 314 g/mol. The molecule has 3 rings (SSSR count). The van der Waals surface area contributed by atoms with Crippen LogP contribution < -0.4 is 0 Å². The Bertz CT molecular complexity index is 604. The Hall–Kier alpha value is -1.10. The third kappa shape index (κ3) is 3.25. The quantitative estimate of drug-likeness (QED) is 0.902. The molecule has 0 unspecified atom stereocenters. The van der Waals surface area contributed by atoms with Gasteiger partial charge in [-0.25, -0.2) is 0 Å². The second-order valence-corrected chi connectivity index (χ2v) is 7.13. The van der Waals surface area contributed by atoms with Crippen LogP contribution in [0.2, 0.25) is 5.02 Å². The van der Waals surface area contributed by atoms with Crippen LogP contribution in [0.25, 0.3) is 0 Å². The number of morpholine rings is 1. The smallest absolute Gasteiger partial charge is 0.254 e. The minimum Gasteiger partial charge on any atom is -0.393 e. The first-order valence-electron chi connectivity index (χ1n) is 8.32. The van der Waals surface area contributed by atoms with Crippen molar-refractivity contribution in [1.29, 1.82) is 0 Å². The number of hydrogen-bond donors (Lipinski definition) is 1. The molecule has 1 amide bonds. The van der Waals surface area contributed by atoms with Crippen LogP contribution >= 0.6 is 11.6 Å². The van der Waals surface area contributed by atoms with Crippen molar-refractivity contribution in [3.63, 3.8) is 0 Å². The highest BCUT2D eigenvalue weighted by Gasteiger charge is 2.39. The third-order valence-electron chi connectivity index (χ3n) is 5.19. The van der Waals surface area contributed by atoms with Crippen LogP contribution in [0.5, 0.6) is 0 Å². The topological polar surface area (TPSA) is 49.8 Å². The molecule has 0 radical (unpaired) electrons. The molecule has 1 heterocycles. The predicted molar refractivity (Wildman–Crippen MR) is 89.9 cm³/mol. The van der Waals surface area contributed by atoms with Gasteiger partial charge in [-0.2, -0.15) is 0 Å². The summed E-state index contributed by atoms with van der Waals surface area (Å²) < 4.78 is 5.61. The van der Waals surface area contributed by atoms with Gasteiger partial charge in [-0.15, -0.1) is 0 Å². The zero-order valence-corrected chi connectivity index (χ0v) is 14.5. The Morgan fingerprint density at radius 2 is 2.09 bits per heavy atom. The maximum absolute atomic E-state index is 13.1. The Labute approximate surface area is 142 Å². The van der Waals surface area contributed by atoms with E-state index in [1.54, 1.807) is 0 Å². The average Bonchev–Trinajstić information content (AvgIpc) is 2.96. The van der Waals surface area contributed by atoms with E-state index in [0.29, 0.717) is 30.3 Å². The standard InChI is InChI=1S/C18H24ClNO3/c1-11-9-15(19)12(2)8-14(11)18(22)20-6-7-23-10-16(20)13-4-3-5-17(13)21/h8-9,13,16-17,21H,3-7,10H2,1-2H3/t13-,16+,17+/m0/s1. The zero-order valence-electron chi connectivity index (χ0n) is 13.7. The highest BCUT2D eigenvalue weighted by Crippen LogP contribution is 2.33. The molecule has 3 atom stereocenters. The zero-order chi connectivity index (χ0) is 16.6. The van der Waals surface area contributed by atoms with Gasteiger partial charge >= 0.3 is 0 Å². The number of nitrogens with zero attached hydrogens (tertiary/aromatic N) is 1. The number of carbonyl (C=O) groups is 1. The van der Waals surface area contributed by atoms with Gasteiger partial charge < -0.3 is 14.7 Å². The summed E-state index contributed by atoms with van der Waals surface area (Å²) in [6, 6.07) is 3.69. The predicted octanol–water partition coefficient (Wildman–Crippen LogP) is 2.96. The van der Waals surface area contributed by atoms with E-state index in [0.717, 1.165) is 30.4 Å². The van der Waals surface area contributed by atoms with Crippen LogP contribution in [-0.2, 0) is 4.74 Å². The highest BCUT2D eigenvalue weighted by molar-refractivity contribution is 6.31. The monoisotopic (exact) mass is 337 g/mol. The van der Waals surface area contributed by atoms with E-state index in [4.69, 9.17) is 16.3 Å². The lowest BCUT2D eigenvalue weighted by atomic mass is 9.93. The average molecular weight is 338 g/mol. The van der Waals surface area contributed by atoms with Crippen LogP contribution in [-0.4, -0.2) is 47.8 Å². The van der Waals surface area contributed by atoms with E-state index < -0.39 is 0 Å². The van der Waals surface area contributed by atoms with Crippen molar-refractivity contribution < 1.29 is 14.6 Å². The molecule has 23 heavy (non-hydrogen) atoms. The summed E-state index contributed by atoms with van der Waals surface area (Å²) in [7, 11) is 0. The number of aryl methyl sites for hydroxylation is 2. The summed E-state index contributed by atoms with van der Waals surface area (Å²) >= 11 is 6.15. The summed E-state index contributed by atoms with van der Waals surface area (Å²) in [5.74, 6) is 0.141. The summed E-state index contributed by atoms with van der Waals surface area (Å²) in [6.45, 7) is 5.47. The van der Waals surface area contributed by atoms with Crippen molar-refractivity contribution in [3.05, 3.63) is 33.8 Å². The fourth-order valence-electron chi connectivity index (χ4n) is 3.81. The number of benzene rings is 1. The van der Waals surface area contributed by atoms with Crippen molar-refractivity contribution in [2.45, 2.75) is 45.3 Å². The van der Waals surface area contributed by atoms with E-state index >= 15 is 0 Å². The molecule has 1 aliphatic heterocycles. The van der Waals surface area contributed by atoms with Gasteiger partial charge in [-0.3, -0.25) is 4.79 Å². The molecular formula is C18H24ClNO3. The maximum atomic E-state index is 13.1. The molecule has 126 valence electrons. The van der Waals surface area contributed by atoms with Crippen LogP contribution in [0.1, 0.15) is 40.7 Å². The highest BCUT2D eigenvalue weighted by atomic mass is 35.5. The largest absolute Gasteiger partial charge is 0.393 e. The van der Waals surface area contributed by atoms with Gasteiger partial charge in [-0.1, -0.05) is 18.0 Å². The Morgan fingerprint density at radius 3 is 2.78 bits per heavy atom. The minimum atomic E-state index is -0.329. The number of hydrogen-bond acceptors (Lipinski definition) is 3. The number of amides is 1. The van der Waals surface area contributed by atoms with E-state index in [-0.39, 0.29) is 24.0 Å². The Balaban J connectivity index is 1.88. The van der Waals surface area contributed by atoms with Crippen molar-refractivity contribution in [2.24, 2.45) is 5.92 Å². The van der Waals surface area contributed by atoms with E-state index in [9.17, 15) is 9.90 Å². The molecule has 1 N–H and O–H groups in total. The van der Waals surface area contributed by atoms with Gasteiger partial charge in [0.05, 0.1) is 25.4 Å². The fraction of sp³-hybridized carbons (Fsp3) is 0.611. The van der Waals surface area contributed by atoms with E-state index in [1.807, 2.05) is 30.9 Å². The van der Waals surface area contributed by atoms with Gasteiger partial charge in [-0.05, 0) is 49.9 Å². The van der Waals surface area contributed by atoms with Crippen molar-refractivity contribution in [1.82, 2.24) is 4.90 Å². The first-order chi connectivity index (χ1) is 11.0. The second kappa shape index (κ2) is 6.80. The van der Waals surface area contributed by atoms with Crippen LogP contribution in [0, 0.1) is 19.8 Å².